The molecule has 0 fully saturated rings. The Morgan fingerprint density at radius 2 is 1.96 bits per heavy atom. The maximum absolute atomic E-state index is 12.4. The third-order valence-electron chi connectivity index (χ3n) is 4.04. The van der Waals surface area contributed by atoms with Gasteiger partial charge in [-0.1, -0.05) is 24.3 Å². The molecule has 0 unspecified atom stereocenters. The summed E-state index contributed by atoms with van der Waals surface area (Å²) < 4.78 is 7.24. The second kappa shape index (κ2) is 6.25. The molecule has 0 aliphatic carbocycles. The van der Waals surface area contributed by atoms with E-state index >= 15 is 0 Å². The van der Waals surface area contributed by atoms with Crippen LogP contribution in [0.5, 0.6) is 0 Å². The minimum atomic E-state index is -0.132. The van der Waals surface area contributed by atoms with Gasteiger partial charge in [0.1, 0.15) is 6.33 Å². The molecule has 0 atom stereocenters. The van der Waals surface area contributed by atoms with Crippen LogP contribution >= 0.6 is 0 Å². The van der Waals surface area contributed by atoms with Crippen LogP contribution in [0.1, 0.15) is 27.3 Å². The lowest BCUT2D eigenvalue weighted by atomic mass is 10.1. The number of para-hydroxylation sites is 1. The number of carbonyl (C=O) groups excluding carboxylic acids is 1. The first kappa shape index (κ1) is 14.6. The Kier molecular flexibility index (Phi) is 3.80. The third kappa shape index (κ3) is 2.79. The van der Waals surface area contributed by atoms with Crippen LogP contribution < -0.4 is 5.32 Å². The van der Waals surface area contributed by atoms with Gasteiger partial charge in [-0.15, -0.1) is 10.2 Å². The van der Waals surface area contributed by atoms with Gasteiger partial charge in [0.05, 0.1) is 19.8 Å². The lowest BCUT2D eigenvalue weighted by Gasteiger charge is -2.08. The van der Waals surface area contributed by atoms with Crippen molar-refractivity contribution in [3.05, 3.63) is 77.4 Å². The summed E-state index contributed by atoms with van der Waals surface area (Å²) in [4.78, 5) is 12.4. The van der Waals surface area contributed by atoms with E-state index in [-0.39, 0.29) is 5.91 Å². The van der Waals surface area contributed by atoms with E-state index in [2.05, 4.69) is 15.5 Å². The Bertz CT molecular complexity index is 874. The molecule has 0 saturated carbocycles. The van der Waals surface area contributed by atoms with E-state index in [0.29, 0.717) is 31.1 Å². The zero-order chi connectivity index (χ0) is 16.4. The van der Waals surface area contributed by atoms with Gasteiger partial charge in [0.25, 0.3) is 5.91 Å². The van der Waals surface area contributed by atoms with Gasteiger partial charge < -0.3 is 10.1 Å². The average Bonchev–Trinajstić information content (AvgIpc) is 3.28. The summed E-state index contributed by atoms with van der Waals surface area (Å²) in [7, 11) is 0. The van der Waals surface area contributed by atoms with E-state index in [1.807, 2.05) is 53.1 Å². The fraction of sp³-hybridized carbons (Fsp3) is 0.167. The lowest BCUT2D eigenvalue weighted by molar-refractivity contribution is 0.0949. The van der Waals surface area contributed by atoms with E-state index in [4.69, 9.17) is 4.74 Å². The Morgan fingerprint density at radius 3 is 2.83 bits per heavy atom. The maximum Gasteiger partial charge on any atom is 0.251 e. The Balaban J connectivity index is 1.48. The molecule has 1 aliphatic rings. The van der Waals surface area contributed by atoms with Crippen LogP contribution in [-0.4, -0.2) is 20.7 Å². The van der Waals surface area contributed by atoms with Crippen LogP contribution in [0.25, 0.3) is 5.69 Å². The topological polar surface area (TPSA) is 69.0 Å². The monoisotopic (exact) mass is 320 g/mol. The van der Waals surface area contributed by atoms with Crippen molar-refractivity contribution >= 4 is 5.91 Å². The highest BCUT2D eigenvalue weighted by molar-refractivity contribution is 5.94. The van der Waals surface area contributed by atoms with Gasteiger partial charge in [0.15, 0.2) is 5.82 Å². The highest BCUT2D eigenvalue weighted by atomic mass is 16.5. The molecule has 1 N–H and O–H groups in total. The Morgan fingerprint density at radius 1 is 1.12 bits per heavy atom. The SMILES string of the molecule is O=C(NCc1nncn1-c1ccccc1)c1ccc2c(c1)COC2. The summed E-state index contributed by atoms with van der Waals surface area (Å²) in [5, 5.41) is 10.9. The Hall–Kier alpha value is -2.99. The molecule has 120 valence electrons. The van der Waals surface area contributed by atoms with Crippen molar-refractivity contribution in [2.45, 2.75) is 19.8 Å². The molecule has 1 amide bonds. The second-order valence-corrected chi connectivity index (χ2v) is 5.61. The number of nitrogens with one attached hydrogen (secondary N) is 1. The number of hydrogen-bond acceptors (Lipinski definition) is 4. The van der Waals surface area contributed by atoms with Crippen LogP contribution in [0, 0.1) is 0 Å². The first-order valence-corrected chi connectivity index (χ1v) is 7.73. The predicted octanol–water partition coefficient (Wildman–Crippen LogP) is 2.23. The summed E-state index contributed by atoms with van der Waals surface area (Å²) >= 11 is 0. The van der Waals surface area contributed by atoms with E-state index < -0.39 is 0 Å². The minimum absolute atomic E-state index is 0.132. The fourth-order valence-corrected chi connectivity index (χ4v) is 2.76. The van der Waals surface area contributed by atoms with Crippen LogP contribution in [0.4, 0.5) is 0 Å². The van der Waals surface area contributed by atoms with Gasteiger partial charge in [0, 0.05) is 11.3 Å². The van der Waals surface area contributed by atoms with Gasteiger partial charge in [0.2, 0.25) is 0 Å². The van der Waals surface area contributed by atoms with Crippen molar-refractivity contribution < 1.29 is 9.53 Å². The summed E-state index contributed by atoms with van der Waals surface area (Å²) in [6.07, 6.45) is 1.64. The standard InChI is InChI=1S/C18H16N4O2/c23-18(13-6-7-14-10-24-11-15(14)8-13)19-9-17-21-20-12-22(17)16-4-2-1-3-5-16/h1-8,12H,9-11H2,(H,19,23). The number of amides is 1. The van der Waals surface area contributed by atoms with Crippen LogP contribution in [-0.2, 0) is 24.5 Å². The zero-order valence-corrected chi connectivity index (χ0v) is 13.0. The molecule has 0 radical (unpaired) electrons. The minimum Gasteiger partial charge on any atom is -0.372 e. The molecule has 4 rings (SSSR count). The molecule has 2 aromatic carbocycles. The van der Waals surface area contributed by atoms with Crippen molar-refractivity contribution in [1.29, 1.82) is 0 Å². The van der Waals surface area contributed by atoms with Crippen LogP contribution in [0.2, 0.25) is 0 Å². The quantitative estimate of drug-likeness (QED) is 0.800. The largest absolute Gasteiger partial charge is 0.372 e. The van der Waals surface area contributed by atoms with Crippen LogP contribution in [0.3, 0.4) is 0 Å². The molecule has 3 aromatic rings. The molecule has 0 spiro atoms. The molecule has 1 aliphatic heterocycles. The van der Waals surface area contributed by atoms with Gasteiger partial charge >= 0.3 is 0 Å². The number of aromatic nitrogens is 3. The third-order valence-corrected chi connectivity index (χ3v) is 4.04. The molecule has 24 heavy (non-hydrogen) atoms. The molecule has 0 bridgehead atoms. The van der Waals surface area contributed by atoms with E-state index in [0.717, 1.165) is 16.8 Å². The molecule has 6 heteroatoms. The molecular formula is C18H16N4O2. The summed E-state index contributed by atoms with van der Waals surface area (Å²) in [6.45, 7) is 1.50. The summed E-state index contributed by atoms with van der Waals surface area (Å²) in [5.74, 6) is 0.548. The van der Waals surface area contributed by atoms with Crippen molar-refractivity contribution in [1.82, 2.24) is 20.1 Å². The van der Waals surface area contributed by atoms with Crippen LogP contribution in [0.15, 0.2) is 54.9 Å². The smallest absolute Gasteiger partial charge is 0.251 e. The van der Waals surface area contributed by atoms with E-state index in [1.165, 1.54) is 0 Å². The van der Waals surface area contributed by atoms with Crippen molar-refractivity contribution in [2.75, 3.05) is 0 Å². The van der Waals surface area contributed by atoms with Gasteiger partial charge in [-0.05, 0) is 35.4 Å². The average molecular weight is 320 g/mol. The number of carbonyl (C=O) groups is 1. The molecule has 2 heterocycles. The number of benzene rings is 2. The first-order chi connectivity index (χ1) is 11.8. The first-order valence-electron chi connectivity index (χ1n) is 7.73. The normalized spacial score (nSPS) is 12.8. The molecule has 6 nitrogen and oxygen atoms in total. The van der Waals surface area contributed by atoms with Gasteiger partial charge in [-0.2, -0.15) is 0 Å². The predicted molar refractivity (Wildman–Crippen MR) is 87.5 cm³/mol. The Labute approximate surface area is 139 Å². The second-order valence-electron chi connectivity index (χ2n) is 5.61. The lowest BCUT2D eigenvalue weighted by Crippen LogP contribution is -2.24. The van der Waals surface area contributed by atoms with Crippen molar-refractivity contribution in [2.24, 2.45) is 0 Å². The highest BCUT2D eigenvalue weighted by Gasteiger charge is 2.15. The number of fused-ring (bicyclic) bond motifs is 1. The van der Waals surface area contributed by atoms with Crippen molar-refractivity contribution in [3.63, 3.8) is 0 Å². The number of ether oxygens (including phenoxy) is 1. The molecular weight excluding hydrogens is 304 g/mol. The van der Waals surface area contributed by atoms with Crippen molar-refractivity contribution in [3.8, 4) is 5.69 Å². The summed E-state index contributed by atoms with van der Waals surface area (Å²) in [6, 6.07) is 15.4. The highest BCUT2D eigenvalue weighted by Crippen LogP contribution is 2.20. The fourth-order valence-electron chi connectivity index (χ4n) is 2.76. The zero-order valence-electron chi connectivity index (χ0n) is 13.0. The molecule has 0 saturated heterocycles. The van der Waals surface area contributed by atoms with Gasteiger partial charge in [-0.3, -0.25) is 9.36 Å². The number of rotatable bonds is 4. The number of hydrogen-bond donors (Lipinski definition) is 1. The summed E-state index contributed by atoms with van der Waals surface area (Å²) in [5.41, 5.74) is 3.82. The maximum atomic E-state index is 12.4. The number of nitrogens with zero attached hydrogens (tertiary/aromatic N) is 3. The van der Waals surface area contributed by atoms with E-state index in [1.54, 1.807) is 6.33 Å². The van der Waals surface area contributed by atoms with Gasteiger partial charge in [-0.25, -0.2) is 0 Å². The molecule has 1 aromatic heterocycles. The van der Waals surface area contributed by atoms with E-state index in [9.17, 15) is 4.79 Å².